The summed E-state index contributed by atoms with van der Waals surface area (Å²) in [7, 11) is 0. The SMILES string of the molecule is OC(CC1CCCCCN1CC(O)c1ccccc1F)c1ccco1. The summed E-state index contributed by atoms with van der Waals surface area (Å²) in [5, 5.41) is 20.9. The number of hydrogen-bond donors (Lipinski definition) is 2. The minimum Gasteiger partial charge on any atom is -0.467 e. The molecule has 2 N–H and O–H groups in total. The molecule has 1 fully saturated rings. The highest BCUT2D eigenvalue weighted by molar-refractivity contribution is 5.20. The molecule has 5 heteroatoms. The summed E-state index contributed by atoms with van der Waals surface area (Å²) in [5.74, 6) is 0.191. The van der Waals surface area contributed by atoms with Crippen molar-refractivity contribution in [2.75, 3.05) is 13.1 Å². The van der Waals surface area contributed by atoms with Crippen LogP contribution in [-0.4, -0.2) is 34.2 Å². The van der Waals surface area contributed by atoms with Gasteiger partial charge in [0.2, 0.25) is 0 Å². The van der Waals surface area contributed by atoms with Gasteiger partial charge in [-0.05, 0) is 44.0 Å². The lowest BCUT2D eigenvalue weighted by Gasteiger charge is -2.32. The Morgan fingerprint density at radius 2 is 1.92 bits per heavy atom. The van der Waals surface area contributed by atoms with Crippen molar-refractivity contribution in [1.29, 1.82) is 0 Å². The molecule has 1 saturated heterocycles. The molecule has 3 atom stereocenters. The molecule has 136 valence electrons. The third-order valence-electron chi connectivity index (χ3n) is 5.04. The van der Waals surface area contributed by atoms with Crippen molar-refractivity contribution in [1.82, 2.24) is 4.90 Å². The number of hydrogen-bond acceptors (Lipinski definition) is 4. The van der Waals surface area contributed by atoms with Crippen molar-refractivity contribution in [2.45, 2.75) is 50.4 Å². The third-order valence-corrected chi connectivity index (χ3v) is 5.04. The van der Waals surface area contributed by atoms with Crippen LogP contribution in [0, 0.1) is 5.82 Å². The molecule has 1 aromatic heterocycles. The van der Waals surface area contributed by atoms with Gasteiger partial charge in [0.25, 0.3) is 0 Å². The number of rotatable bonds is 6. The average molecular weight is 347 g/mol. The molecule has 2 heterocycles. The zero-order chi connectivity index (χ0) is 17.6. The lowest BCUT2D eigenvalue weighted by molar-refractivity contribution is 0.0517. The highest BCUT2D eigenvalue weighted by Crippen LogP contribution is 2.28. The van der Waals surface area contributed by atoms with E-state index in [0.717, 1.165) is 32.2 Å². The topological polar surface area (TPSA) is 56.8 Å². The summed E-state index contributed by atoms with van der Waals surface area (Å²) in [4.78, 5) is 2.19. The van der Waals surface area contributed by atoms with Gasteiger partial charge in [0.1, 0.15) is 17.7 Å². The van der Waals surface area contributed by atoms with Crippen LogP contribution in [0.1, 0.15) is 55.6 Å². The second-order valence-corrected chi connectivity index (χ2v) is 6.80. The van der Waals surface area contributed by atoms with E-state index in [1.165, 1.54) is 6.07 Å². The van der Waals surface area contributed by atoms with Crippen LogP contribution >= 0.6 is 0 Å². The number of aliphatic hydroxyl groups excluding tert-OH is 2. The maximum absolute atomic E-state index is 13.9. The number of halogens is 1. The Bertz CT molecular complexity index is 646. The van der Waals surface area contributed by atoms with E-state index < -0.39 is 12.2 Å². The fourth-order valence-electron chi connectivity index (χ4n) is 3.66. The molecular weight excluding hydrogens is 321 g/mol. The molecule has 3 rings (SSSR count). The average Bonchev–Trinajstić information content (AvgIpc) is 3.06. The Balaban J connectivity index is 1.68. The molecule has 3 unspecified atom stereocenters. The highest BCUT2D eigenvalue weighted by atomic mass is 19.1. The second kappa shape index (κ2) is 8.61. The Kier molecular flexibility index (Phi) is 6.24. The normalized spacial score (nSPS) is 21.6. The van der Waals surface area contributed by atoms with Crippen LogP contribution in [0.15, 0.2) is 47.1 Å². The second-order valence-electron chi connectivity index (χ2n) is 6.80. The van der Waals surface area contributed by atoms with Crippen LogP contribution in [0.3, 0.4) is 0 Å². The van der Waals surface area contributed by atoms with E-state index in [0.29, 0.717) is 24.3 Å². The molecule has 0 saturated carbocycles. The number of likely N-dealkylation sites (tertiary alicyclic amines) is 1. The lowest BCUT2D eigenvalue weighted by Crippen LogP contribution is -2.39. The molecule has 1 aromatic carbocycles. The van der Waals surface area contributed by atoms with Crippen molar-refractivity contribution in [3.63, 3.8) is 0 Å². The molecule has 0 bridgehead atoms. The van der Waals surface area contributed by atoms with E-state index in [-0.39, 0.29) is 11.9 Å². The maximum Gasteiger partial charge on any atom is 0.132 e. The van der Waals surface area contributed by atoms with Crippen molar-refractivity contribution in [2.24, 2.45) is 0 Å². The van der Waals surface area contributed by atoms with Gasteiger partial charge >= 0.3 is 0 Å². The first-order valence-corrected chi connectivity index (χ1v) is 9.03. The lowest BCUT2D eigenvalue weighted by atomic mass is 10.0. The van der Waals surface area contributed by atoms with Gasteiger partial charge < -0.3 is 14.6 Å². The standard InChI is InChI=1S/C20H26FNO3/c21-17-9-4-3-8-16(17)19(24)14-22-11-5-1-2-7-15(22)13-18(23)20-10-6-12-25-20/h3-4,6,8-10,12,15,18-19,23-24H,1-2,5,7,11,13-14H2. The van der Waals surface area contributed by atoms with Gasteiger partial charge in [0.05, 0.1) is 12.4 Å². The summed E-state index contributed by atoms with van der Waals surface area (Å²) in [5.41, 5.74) is 0.331. The van der Waals surface area contributed by atoms with Gasteiger partial charge in [-0.3, -0.25) is 4.90 Å². The molecule has 0 amide bonds. The predicted molar refractivity (Wildman–Crippen MR) is 93.5 cm³/mol. The molecule has 0 aliphatic carbocycles. The van der Waals surface area contributed by atoms with Crippen LogP contribution < -0.4 is 0 Å². The van der Waals surface area contributed by atoms with E-state index in [1.54, 1.807) is 36.6 Å². The smallest absolute Gasteiger partial charge is 0.132 e. The largest absolute Gasteiger partial charge is 0.467 e. The van der Waals surface area contributed by atoms with Gasteiger partial charge in [-0.1, -0.05) is 31.0 Å². The monoisotopic (exact) mass is 347 g/mol. The molecule has 0 radical (unpaired) electrons. The van der Waals surface area contributed by atoms with Crippen molar-refractivity contribution >= 4 is 0 Å². The molecule has 25 heavy (non-hydrogen) atoms. The highest BCUT2D eigenvalue weighted by Gasteiger charge is 2.27. The van der Waals surface area contributed by atoms with Gasteiger partial charge in [0, 0.05) is 18.2 Å². The molecule has 2 aromatic rings. The number of furan rings is 1. The van der Waals surface area contributed by atoms with E-state index in [9.17, 15) is 14.6 Å². The minimum atomic E-state index is -0.873. The fourth-order valence-corrected chi connectivity index (χ4v) is 3.66. The van der Waals surface area contributed by atoms with Crippen molar-refractivity contribution < 1.29 is 19.0 Å². The summed E-state index contributed by atoms with van der Waals surface area (Å²) in [6, 6.07) is 10.1. The Morgan fingerprint density at radius 3 is 2.68 bits per heavy atom. The van der Waals surface area contributed by atoms with Crippen molar-refractivity contribution in [3.05, 3.63) is 59.8 Å². The number of nitrogens with zero attached hydrogens (tertiary/aromatic N) is 1. The van der Waals surface area contributed by atoms with Gasteiger partial charge in [0.15, 0.2) is 0 Å². The van der Waals surface area contributed by atoms with E-state index in [4.69, 9.17) is 4.42 Å². The first-order valence-electron chi connectivity index (χ1n) is 9.03. The van der Waals surface area contributed by atoms with Crippen LogP contribution in [-0.2, 0) is 0 Å². The molecule has 1 aliphatic rings. The Labute approximate surface area is 147 Å². The Morgan fingerprint density at radius 1 is 1.08 bits per heavy atom. The van der Waals surface area contributed by atoms with E-state index in [1.807, 2.05) is 0 Å². The Hall–Kier alpha value is -1.69. The summed E-state index contributed by atoms with van der Waals surface area (Å²) in [6.07, 6.45) is 4.83. The quantitative estimate of drug-likeness (QED) is 0.834. The molecule has 0 spiro atoms. The van der Waals surface area contributed by atoms with Crippen LogP contribution in [0.25, 0.3) is 0 Å². The maximum atomic E-state index is 13.9. The van der Waals surface area contributed by atoms with Crippen molar-refractivity contribution in [3.8, 4) is 0 Å². The fraction of sp³-hybridized carbons (Fsp3) is 0.500. The van der Waals surface area contributed by atoms with Gasteiger partial charge in [-0.15, -0.1) is 0 Å². The van der Waals surface area contributed by atoms with Gasteiger partial charge in [-0.25, -0.2) is 4.39 Å². The van der Waals surface area contributed by atoms with Crippen LogP contribution in [0.2, 0.25) is 0 Å². The summed E-state index contributed by atoms with van der Waals surface area (Å²) >= 11 is 0. The number of β-amino-alcohol motifs (C(OH)–C–C–N with tert-alkyl or cyclic N) is 1. The zero-order valence-corrected chi connectivity index (χ0v) is 14.4. The first kappa shape index (κ1) is 18.1. The molecule has 1 aliphatic heterocycles. The zero-order valence-electron chi connectivity index (χ0n) is 14.4. The molecular formula is C20H26FNO3. The summed E-state index contributed by atoms with van der Waals surface area (Å²) in [6.45, 7) is 1.22. The van der Waals surface area contributed by atoms with E-state index in [2.05, 4.69) is 4.90 Å². The van der Waals surface area contributed by atoms with Crippen LogP contribution in [0.4, 0.5) is 4.39 Å². The van der Waals surface area contributed by atoms with E-state index >= 15 is 0 Å². The predicted octanol–water partition coefficient (Wildman–Crippen LogP) is 3.82. The minimum absolute atomic E-state index is 0.143. The number of aliphatic hydroxyl groups is 2. The first-order chi connectivity index (χ1) is 12.1. The number of benzene rings is 1. The molecule has 4 nitrogen and oxygen atoms in total. The third kappa shape index (κ3) is 4.69. The van der Waals surface area contributed by atoms with Gasteiger partial charge in [-0.2, -0.15) is 0 Å². The van der Waals surface area contributed by atoms with Crippen LogP contribution in [0.5, 0.6) is 0 Å². The summed E-state index contributed by atoms with van der Waals surface area (Å²) < 4.78 is 19.2.